The highest BCUT2D eigenvalue weighted by molar-refractivity contribution is 9.10. The van der Waals surface area contributed by atoms with Gasteiger partial charge in [-0.1, -0.05) is 0 Å². The van der Waals surface area contributed by atoms with Crippen LogP contribution in [0.25, 0.3) is 0 Å². The lowest BCUT2D eigenvalue weighted by molar-refractivity contribution is -0.119. The Morgan fingerprint density at radius 1 is 1.36 bits per heavy atom. The number of pyridine rings is 1. The highest BCUT2D eigenvalue weighted by atomic mass is 79.9. The molecule has 2 heterocycles. The Morgan fingerprint density at radius 3 is 2.71 bits per heavy atom. The van der Waals surface area contributed by atoms with E-state index in [1.807, 2.05) is 12.1 Å². The van der Waals surface area contributed by atoms with Crippen molar-refractivity contribution in [2.24, 2.45) is 0 Å². The molecular formula is C10H11BrN2O. The predicted octanol–water partition coefficient (Wildman–Crippen LogP) is 2.01. The van der Waals surface area contributed by atoms with Crippen LogP contribution in [0.1, 0.15) is 12.8 Å². The van der Waals surface area contributed by atoms with Gasteiger partial charge in [-0.3, -0.25) is 4.79 Å². The number of carbonyl (C=O) groups is 1. The van der Waals surface area contributed by atoms with Gasteiger partial charge in [-0.25, -0.2) is 4.98 Å². The molecule has 4 heteroatoms. The van der Waals surface area contributed by atoms with Gasteiger partial charge in [0.25, 0.3) is 0 Å². The van der Waals surface area contributed by atoms with Gasteiger partial charge < -0.3 is 4.90 Å². The number of piperidine rings is 1. The van der Waals surface area contributed by atoms with E-state index in [-0.39, 0.29) is 0 Å². The van der Waals surface area contributed by atoms with Gasteiger partial charge in [-0.05, 0) is 28.1 Å². The maximum absolute atomic E-state index is 11.1. The van der Waals surface area contributed by atoms with Crippen molar-refractivity contribution < 1.29 is 4.79 Å². The first kappa shape index (κ1) is 9.65. The van der Waals surface area contributed by atoms with Crippen LogP contribution in [0.2, 0.25) is 0 Å². The average molecular weight is 255 g/mol. The molecule has 1 saturated heterocycles. The van der Waals surface area contributed by atoms with Crippen LogP contribution in [0.3, 0.4) is 0 Å². The molecule has 1 aliphatic rings. The van der Waals surface area contributed by atoms with E-state index in [2.05, 4.69) is 25.8 Å². The second kappa shape index (κ2) is 4.09. The van der Waals surface area contributed by atoms with Crippen LogP contribution in [0.4, 0.5) is 5.82 Å². The monoisotopic (exact) mass is 254 g/mol. The quantitative estimate of drug-likeness (QED) is 0.769. The predicted molar refractivity (Wildman–Crippen MR) is 58.4 cm³/mol. The molecule has 0 amide bonds. The van der Waals surface area contributed by atoms with Crippen LogP contribution in [0.5, 0.6) is 0 Å². The summed E-state index contributed by atoms with van der Waals surface area (Å²) in [5, 5.41) is 0. The SMILES string of the molecule is O=C1CCN(c2ncccc2Br)CC1. The lowest BCUT2D eigenvalue weighted by Gasteiger charge is -2.27. The summed E-state index contributed by atoms with van der Waals surface area (Å²) in [5.41, 5.74) is 0. The molecule has 0 aromatic carbocycles. The van der Waals surface area contributed by atoms with Gasteiger partial charge in [-0.15, -0.1) is 0 Å². The number of anilines is 1. The van der Waals surface area contributed by atoms with Crippen LogP contribution in [-0.2, 0) is 4.79 Å². The van der Waals surface area contributed by atoms with Crippen molar-refractivity contribution in [2.45, 2.75) is 12.8 Å². The second-order valence-corrected chi connectivity index (χ2v) is 4.19. The molecule has 3 nitrogen and oxygen atoms in total. The lowest BCUT2D eigenvalue weighted by Crippen LogP contribution is -2.34. The molecule has 0 spiro atoms. The highest BCUT2D eigenvalue weighted by Gasteiger charge is 2.18. The molecule has 0 atom stereocenters. The molecule has 0 N–H and O–H groups in total. The zero-order valence-electron chi connectivity index (χ0n) is 7.74. The summed E-state index contributed by atoms with van der Waals surface area (Å²) in [7, 11) is 0. The molecule has 0 radical (unpaired) electrons. The van der Waals surface area contributed by atoms with Gasteiger partial charge >= 0.3 is 0 Å². The minimum atomic E-state index is 0.355. The molecule has 1 aliphatic heterocycles. The van der Waals surface area contributed by atoms with Crippen LogP contribution in [-0.4, -0.2) is 23.9 Å². The Kier molecular flexibility index (Phi) is 2.82. The highest BCUT2D eigenvalue weighted by Crippen LogP contribution is 2.24. The van der Waals surface area contributed by atoms with Gasteiger partial charge in [0.1, 0.15) is 11.6 Å². The molecule has 0 aliphatic carbocycles. The summed E-state index contributed by atoms with van der Waals surface area (Å²) >= 11 is 3.46. The normalized spacial score (nSPS) is 17.2. The fraction of sp³-hybridized carbons (Fsp3) is 0.400. The van der Waals surface area contributed by atoms with Crippen molar-refractivity contribution in [1.29, 1.82) is 0 Å². The number of carbonyl (C=O) groups excluding carboxylic acids is 1. The van der Waals surface area contributed by atoms with Gasteiger partial charge in [-0.2, -0.15) is 0 Å². The molecule has 74 valence electrons. The third kappa shape index (κ3) is 1.95. The number of halogens is 1. The van der Waals surface area contributed by atoms with E-state index in [9.17, 15) is 4.79 Å². The van der Waals surface area contributed by atoms with Crippen LogP contribution < -0.4 is 4.90 Å². The molecular weight excluding hydrogens is 244 g/mol. The number of rotatable bonds is 1. The van der Waals surface area contributed by atoms with E-state index in [0.717, 1.165) is 23.4 Å². The Morgan fingerprint density at radius 2 is 2.07 bits per heavy atom. The molecule has 1 fully saturated rings. The summed E-state index contributed by atoms with van der Waals surface area (Å²) in [6, 6.07) is 3.86. The fourth-order valence-electron chi connectivity index (χ4n) is 1.58. The summed E-state index contributed by atoms with van der Waals surface area (Å²) in [4.78, 5) is 17.5. The van der Waals surface area contributed by atoms with Gasteiger partial charge in [0.05, 0.1) is 4.47 Å². The molecule has 14 heavy (non-hydrogen) atoms. The first-order valence-electron chi connectivity index (χ1n) is 4.64. The van der Waals surface area contributed by atoms with Gasteiger partial charge in [0.15, 0.2) is 0 Å². The fourth-order valence-corrected chi connectivity index (χ4v) is 2.08. The van der Waals surface area contributed by atoms with Crippen molar-refractivity contribution in [3.05, 3.63) is 22.8 Å². The smallest absolute Gasteiger partial charge is 0.142 e. The minimum absolute atomic E-state index is 0.355. The van der Waals surface area contributed by atoms with E-state index in [4.69, 9.17) is 0 Å². The summed E-state index contributed by atoms with van der Waals surface area (Å²) < 4.78 is 0.995. The Bertz CT molecular complexity index is 344. The van der Waals surface area contributed by atoms with E-state index in [1.165, 1.54) is 0 Å². The van der Waals surface area contributed by atoms with Crippen molar-refractivity contribution >= 4 is 27.5 Å². The zero-order chi connectivity index (χ0) is 9.97. The first-order valence-corrected chi connectivity index (χ1v) is 5.44. The molecule has 0 saturated carbocycles. The number of ketones is 1. The third-order valence-corrected chi connectivity index (χ3v) is 2.98. The lowest BCUT2D eigenvalue weighted by atomic mass is 10.1. The van der Waals surface area contributed by atoms with Crippen LogP contribution >= 0.6 is 15.9 Å². The van der Waals surface area contributed by atoms with E-state index in [0.29, 0.717) is 18.6 Å². The minimum Gasteiger partial charge on any atom is -0.355 e. The summed E-state index contributed by atoms with van der Waals surface area (Å²) in [6.45, 7) is 1.57. The number of hydrogen-bond donors (Lipinski definition) is 0. The van der Waals surface area contributed by atoms with Crippen LogP contribution in [0, 0.1) is 0 Å². The second-order valence-electron chi connectivity index (χ2n) is 3.33. The number of hydrogen-bond acceptors (Lipinski definition) is 3. The van der Waals surface area contributed by atoms with E-state index in [1.54, 1.807) is 6.20 Å². The molecule has 1 aromatic rings. The Hall–Kier alpha value is -0.900. The van der Waals surface area contributed by atoms with Crippen molar-refractivity contribution in [3.63, 3.8) is 0 Å². The maximum Gasteiger partial charge on any atom is 0.142 e. The van der Waals surface area contributed by atoms with Crippen molar-refractivity contribution in [1.82, 2.24) is 4.98 Å². The topological polar surface area (TPSA) is 33.2 Å². The van der Waals surface area contributed by atoms with Crippen molar-refractivity contribution in [2.75, 3.05) is 18.0 Å². The molecule has 1 aromatic heterocycles. The molecule has 2 rings (SSSR count). The number of aromatic nitrogens is 1. The zero-order valence-corrected chi connectivity index (χ0v) is 9.33. The summed E-state index contributed by atoms with van der Waals surface area (Å²) in [6.07, 6.45) is 3.06. The largest absolute Gasteiger partial charge is 0.355 e. The maximum atomic E-state index is 11.1. The van der Waals surface area contributed by atoms with E-state index >= 15 is 0 Å². The molecule has 0 unspecified atom stereocenters. The standard InChI is InChI=1S/C10H11BrN2O/c11-9-2-1-5-12-10(9)13-6-3-8(14)4-7-13/h1-2,5H,3-4,6-7H2. The number of nitrogens with zero attached hydrogens (tertiary/aromatic N) is 2. The Balaban J connectivity index is 2.16. The van der Waals surface area contributed by atoms with E-state index < -0.39 is 0 Å². The first-order chi connectivity index (χ1) is 6.77. The number of Topliss-reactive ketones (excluding diaryl/α,β-unsaturated/α-hetero) is 1. The van der Waals surface area contributed by atoms with Crippen LogP contribution in [0.15, 0.2) is 22.8 Å². The average Bonchev–Trinajstić information content (AvgIpc) is 2.20. The van der Waals surface area contributed by atoms with Gasteiger partial charge in [0, 0.05) is 32.1 Å². The third-order valence-electron chi connectivity index (χ3n) is 2.36. The van der Waals surface area contributed by atoms with Crippen molar-refractivity contribution in [3.8, 4) is 0 Å². The van der Waals surface area contributed by atoms with Gasteiger partial charge in [0.2, 0.25) is 0 Å². The Labute approximate surface area is 91.3 Å². The summed E-state index contributed by atoms with van der Waals surface area (Å²) in [5.74, 6) is 1.30. The molecule has 0 bridgehead atoms.